The Balaban J connectivity index is 3.38. The lowest BCUT2D eigenvalue weighted by Gasteiger charge is -1.90. The molecular weight excluding hydrogens is 151 g/mol. The Morgan fingerprint density at radius 1 is 1.75 bits per heavy atom. The molecule has 0 rings (SSSR count). The third-order valence-corrected chi connectivity index (χ3v) is 0.915. The van der Waals surface area contributed by atoms with E-state index in [1.165, 1.54) is 0 Å². The summed E-state index contributed by atoms with van der Waals surface area (Å²) >= 11 is 10.1. The first-order valence-electron chi connectivity index (χ1n) is 1.94. The highest BCUT2D eigenvalue weighted by molar-refractivity contribution is 6.64. The highest BCUT2D eigenvalue weighted by Gasteiger charge is 2.05. The van der Waals surface area contributed by atoms with Gasteiger partial charge in [0, 0.05) is 6.42 Å². The molecule has 0 aliphatic rings. The van der Waals surface area contributed by atoms with Crippen LogP contribution in [0.2, 0.25) is 0 Å². The second-order valence-electron chi connectivity index (χ2n) is 1.21. The number of hydrogen-bond acceptors (Lipinski definition) is 2. The Morgan fingerprint density at radius 3 is 2.38 bits per heavy atom. The van der Waals surface area contributed by atoms with E-state index < -0.39 is 10.6 Å². The molecule has 0 amide bonds. The van der Waals surface area contributed by atoms with E-state index >= 15 is 0 Å². The SMILES string of the molecule is O=CC(Cl)CC(=O)Cl. The van der Waals surface area contributed by atoms with E-state index in [1.807, 2.05) is 0 Å². The Bertz CT molecular complexity index is 102. The average Bonchev–Trinajstić information content (AvgIpc) is 1.65. The van der Waals surface area contributed by atoms with Crippen LogP contribution in [0.5, 0.6) is 0 Å². The number of alkyl halides is 1. The molecule has 4 heteroatoms. The van der Waals surface area contributed by atoms with Gasteiger partial charge in [-0.3, -0.25) is 4.79 Å². The van der Waals surface area contributed by atoms with Crippen LogP contribution in [0.3, 0.4) is 0 Å². The number of halogens is 2. The number of aldehydes is 1. The van der Waals surface area contributed by atoms with E-state index in [2.05, 4.69) is 0 Å². The minimum absolute atomic E-state index is 0.0907. The van der Waals surface area contributed by atoms with E-state index in [0.717, 1.165) is 0 Å². The molecule has 0 saturated carbocycles. The van der Waals surface area contributed by atoms with Crippen molar-refractivity contribution in [3.8, 4) is 0 Å². The second-order valence-corrected chi connectivity index (χ2v) is 2.19. The molecule has 8 heavy (non-hydrogen) atoms. The van der Waals surface area contributed by atoms with Crippen LogP contribution in [-0.2, 0) is 9.59 Å². The maximum absolute atomic E-state index is 9.94. The molecule has 0 fully saturated rings. The van der Waals surface area contributed by atoms with Gasteiger partial charge in [0.05, 0.1) is 5.38 Å². The molecule has 1 atom stereocenters. The normalized spacial score (nSPS) is 12.8. The third-order valence-electron chi connectivity index (χ3n) is 0.503. The first-order valence-corrected chi connectivity index (χ1v) is 2.76. The summed E-state index contributed by atoms with van der Waals surface area (Å²) in [5, 5.41) is -1.35. The number of carbonyl (C=O) groups is 2. The number of carbonyl (C=O) groups excluding carboxylic acids is 2. The van der Waals surface area contributed by atoms with Crippen LogP contribution < -0.4 is 0 Å². The summed E-state index contributed by atoms with van der Waals surface area (Å²) in [4.78, 5) is 19.6. The Labute approximate surface area is 56.8 Å². The van der Waals surface area contributed by atoms with Crippen LogP contribution in [0.15, 0.2) is 0 Å². The zero-order valence-corrected chi connectivity index (χ0v) is 5.45. The van der Waals surface area contributed by atoms with Gasteiger partial charge in [-0.1, -0.05) is 0 Å². The molecule has 0 saturated heterocycles. The Hall–Kier alpha value is -0.0800. The van der Waals surface area contributed by atoms with Gasteiger partial charge in [-0.2, -0.15) is 0 Å². The van der Waals surface area contributed by atoms with E-state index in [1.54, 1.807) is 0 Å². The molecule has 0 aromatic carbocycles. The van der Waals surface area contributed by atoms with Gasteiger partial charge in [0.25, 0.3) is 0 Å². The molecule has 0 heterocycles. The van der Waals surface area contributed by atoms with E-state index in [0.29, 0.717) is 6.29 Å². The molecule has 0 aliphatic carbocycles. The van der Waals surface area contributed by atoms with Crippen molar-refractivity contribution in [2.24, 2.45) is 0 Å². The van der Waals surface area contributed by atoms with Gasteiger partial charge in [-0.15, -0.1) is 11.6 Å². The Kier molecular flexibility index (Phi) is 3.83. The smallest absolute Gasteiger partial charge is 0.223 e. The van der Waals surface area contributed by atoms with E-state index in [-0.39, 0.29) is 6.42 Å². The van der Waals surface area contributed by atoms with Crippen molar-refractivity contribution in [1.82, 2.24) is 0 Å². The van der Waals surface area contributed by atoms with Crippen molar-refractivity contribution in [3.05, 3.63) is 0 Å². The standard InChI is InChI=1S/C4H4Cl2O2/c5-3(2-7)1-4(6)8/h2-3H,1H2. The third kappa shape index (κ3) is 4.09. The molecule has 1 unspecified atom stereocenters. The summed E-state index contributed by atoms with van der Waals surface area (Å²) in [6.07, 6.45) is 0.383. The maximum Gasteiger partial charge on any atom is 0.223 e. The molecule has 0 radical (unpaired) electrons. The summed E-state index contributed by atoms with van der Waals surface area (Å²) in [5.74, 6) is 0. The van der Waals surface area contributed by atoms with Crippen molar-refractivity contribution in [2.75, 3.05) is 0 Å². The monoisotopic (exact) mass is 154 g/mol. The van der Waals surface area contributed by atoms with Crippen LogP contribution in [0, 0.1) is 0 Å². The van der Waals surface area contributed by atoms with E-state index in [4.69, 9.17) is 23.2 Å². The van der Waals surface area contributed by atoms with Crippen molar-refractivity contribution in [2.45, 2.75) is 11.8 Å². The lowest BCUT2D eigenvalue weighted by Crippen LogP contribution is -2.03. The van der Waals surface area contributed by atoms with Crippen LogP contribution in [0.25, 0.3) is 0 Å². The molecule has 46 valence electrons. The van der Waals surface area contributed by atoms with E-state index in [9.17, 15) is 9.59 Å². The molecule has 0 N–H and O–H groups in total. The highest BCUT2D eigenvalue weighted by Crippen LogP contribution is 2.00. The van der Waals surface area contributed by atoms with Gasteiger partial charge in [-0.05, 0) is 11.6 Å². The average molecular weight is 155 g/mol. The van der Waals surface area contributed by atoms with Crippen LogP contribution >= 0.6 is 23.2 Å². The predicted molar refractivity (Wildman–Crippen MR) is 31.2 cm³/mol. The fraction of sp³-hybridized carbons (Fsp3) is 0.500. The van der Waals surface area contributed by atoms with Gasteiger partial charge in [0.1, 0.15) is 6.29 Å². The molecule has 0 aromatic rings. The quantitative estimate of drug-likeness (QED) is 0.345. The van der Waals surface area contributed by atoms with Crippen molar-refractivity contribution in [3.63, 3.8) is 0 Å². The fourth-order valence-corrected chi connectivity index (χ4v) is 0.587. The second kappa shape index (κ2) is 3.87. The van der Waals surface area contributed by atoms with Gasteiger partial charge < -0.3 is 4.79 Å². The number of hydrogen-bond donors (Lipinski definition) is 0. The topological polar surface area (TPSA) is 34.1 Å². The largest absolute Gasteiger partial charge is 0.302 e. The van der Waals surface area contributed by atoms with Gasteiger partial charge in [0.2, 0.25) is 5.24 Å². The van der Waals surface area contributed by atoms with Gasteiger partial charge in [0.15, 0.2) is 0 Å². The van der Waals surface area contributed by atoms with Crippen molar-refractivity contribution >= 4 is 34.7 Å². The maximum atomic E-state index is 9.94. The first kappa shape index (κ1) is 7.92. The zero-order valence-electron chi connectivity index (χ0n) is 3.93. The molecule has 2 nitrogen and oxygen atoms in total. The van der Waals surface area contributed by atoms with Gasteiger partial charge >= 0.3 is 0 Å². The molecule has 0 aliphatic heterocycles. The predicted octanol–water partition coefficient (Wildman–Crippen LogP) is 0.948. The minimum atomic E-state index is -0.764. The summed E-state index contributed by atoms with van der Waals surface area (Å²) in [7, 11) is 0. The van der Waals surface area contributed by atoms with Crippen LogP contribution in [0.4, 0.5) is 0 Å². The molecular formula is C4H4Cl2O2. The summed E-state index contributed by atoms with van der Waals surface area (Å²) in [6.45, 7) is 0. The van der Waals surface area contributed by atoms with Crippen molar-refractivity contribution < 1.29 is 9.59 Å². The zero-order chi connectivity index (χ0) is 6.57. The molecule has 0 bridgehead atoms. The Morgan fingerprint density at radius 2 is 2.25 bits per heavy atom. The minimum Gasteiger partial charge on any atom is -0.302 e. The summed E-state index contributed by atoms with van der Waals surface area (Å²) in [6, 6.07) is 0. The summed E-state index contributed by atoms with van der Waals surface area (Å²) in [5.41, 5.74) is 0. The van der Waals surface area contributed by atoms with Crippen LogP contribution in [-0.4, -0.2) is 16.9 Å². The van der Waals surface area contributed by atoms with Crippen molar-refractivity contribution in [1.29, 1.82) is 0 Å². The lowest BCUT2D eigenvalue weighted by molar-refractivity contribution is -0.114. The number of rotatable bonds is 3. The summed E-state index contributed by atoms with van der Waals surface area (Å²) < 4.78 is 0. The van der Waals surface area contributed by atoms with Crippen LogP contribution in [0.1, 0.15) is 6.42 Å². The first-order chi connectivity index (χ1) is 3.66. The molecule has 0 aromatic heterocycles. The van der Waals surface area contributed by atoms with Gasteiger partial charge in [-0.25, -0.2) is 0 Å². The molecule has 0 spiro atoms. The fourth-order valence-electron chi connectivity index (χ4n) is 0.201. The lowest BCUT2D eigenvalue weighted by atomic mass is 10.3. The highest BCUT2D eigenvalue weighted by atomic mass is 35.5.